The van der Waals surface area contributed by atoms with E-state index in [0.717, 1.165) is 24.4 Å². The predicted molar refractivity (Wildman–Crippen MR) is 61.3 cm³/mol. The van der Waals surface area contributed by atoms with Crippen LogP contribution >= 0.6 is 0 Å². The van der Waals surface area contributed by atoms with Crippen molar-refractivity contribution in [2.24, 2.45) is 0 Å². The lowest BCUT2D eigenvalue weighted by atomic mass is 10.0. The third-order valence-corrected chi connectivity index (χ3v) is 2.92. The first-order chi connectivity index (χ1) is 7.36. The third kappa shape index (κ3) is 1.22. The van der Waals surface area contributed by atoms with E-state index in [1.54, 1.807) is 0 Å². The highest BCUT2D eigenvalue weighted by Gasteiger charge is 2.15. The lowest BCUT2D eigenvalue weighted by Crippen LogP contribution is -1.94. The maximum atomic E-state index is 4.41. The molecule has 1 aromatic heterocycles. The Hall–Kier alpha value is -1.83. The molecule has 3 rings (SSSR count). The monoisotopic (exact) mass is 196 g/mol. The van der Waals surface area contributed by atoms with E-state index in [1.807, 2.05) is 12.4 Å². The van der Waals surface area contributed by atoms with Gasteiger partial charge in [-0.05, 0) is 18.4 Å². The van der Waals surface area contributed by atoms with Gasteiger partial charge in [-0.1, -0.05) is 30.8 Å². The van der Waals surface area contributed by atoms with Gasteiger partial charge in [0, 0.05) is 23.7 Å². The van der Waals surface area contributed by atoms with Crippen molar-refractivity contribution in [2.45, 2.75) is 12.8 Å². The second kappa shape index (κ2) is 3.09. The highest BCUT2D eigenvalue weighted by Crippen LogP contribution is 2.30. The lowest BCUT2D eigenvalue weighted by Gasteiger charge is -2.05. The van der Waals surface area contributed by atoms with Crippen LogP contribution in [0.25, 0.3) is 17.1 Å². The van der Waals surface area contributed by atoms with Gasteiger partial charge < -0.3 is 4.57 Å². The summed E-state index contributed by atoms with van der Waals surface area (Å²) in [5.41, 5.74) is 3.73. The van der Waals surface area contributed by atoms with Crippen LogP contribution < -0.4 is 0 Å². The smallest absolute Gasteiger partial charge is 0.144 e. The second-order valence-corrected chi connectivity index (χ2v) is 3.84. The molecule has 0 aliphatic carbocycles. The fraction of sp³-hybridized carbons (Fsp3) is 0.154. The quantitative estimate of drug-likeness (QED) is 0.633. The number of nitrogens with zero attached hydrogens (tertiary/aromatic N) is 2. The maximum absolute atomic E-state index is 4.41. The van der Waals surface area contributed by atoms with E-state index in [1.165, 1.54) is 11.1 Å². The van der Waals surface area contributed by atoms with Crippen LogP contribution in [0.4, 0.5) is 0 Å². The number of hydrogen-bond acceptors (Lipinski definition) is 1. The summed E-state index contributed by atoms with van der Waals surface area (Å²) >= 11 is 0. The molecule has 1 aromatic carbocycles. The number of fused-ring (bicyclic) bond motifs is 3. The van der Waals surface area contributed by atoms with Gasteiger partial charge in [-0.15, -0.1) is 0 Å². The second-order valence-electron chi connectivity index (χ2n) is 3.84. The molecule has 0 radical (unpaired) electrons. The van der Waals surface area contributed by atoms with Crippen LogP contribution in [0.5, 0.6) is 0 Å². The van der Waals surface area contributed by atoms with Gasteiger partial charge in [0.05, 0.1) is 0 Å². The number of rotatable bonds is 0. The molecule has 0 unspecified atom stereocenters. The zero-order valence-electron chi connectivity index (χ0n) is 8.48. The number of aromatic nitrogens is 2. The fourth-order valence-corrected chi connectivity index (χ4v) is 2.11. The van der Waals surface area contributed by atoms with Crippen LogP contribution in [0.2, 0.25) is 0 Å². The van der Waals surface area contributed by atoms with Crippen molar-refractivity contribution in [3.8, 4) is 11.4 Å². The Kier molecular flexibility index (Phi) is 1.75. The minimum atomic E-state index is 1.00. The first-order valence-corrected chi connectivity index (χ1v) is 5.16. The summed E-state index contributed by atoms with van der Waals surface area (Å²) in [4.78, 5) is 4.41. The summed E-state index contributed by atoms with van der Waals surface area (Å²) in [6, 6.07) is 8.45. The standard InChI is InChI=1S/C13H12N2/c1-10-6-7-11-4-2-3-5-12(11)13-14-8-9-15(10)13/h2-5,8-9H,1,6-7H2. The molecule has 0 saturated carbocycles. The van der Waals surface area contributed by atoms with Crippen LogP contribution in [0, 0.1) is 0 Å². The molecular weight excluding hydrogens is 184 g/mol. The number of aryl methyl sites for hydroxylation is 1. The highest BCUT2D eigenvalue weighted by atomic mass is 15.1. The first kappa shape index (κ1) is 8.48. The molecule has 2 nitrogen and oxygen atoms in total. The van der Waals surface area contributed by atoms with Gasteiger partial charge in [0.1, 0.15) is 5.82 Å². The van der Waals surface area contributed by atoms with Gasteiger partial charge in [-0.3, -0.25) is 0 Å². The molecule has 2 heterocycles. The Bertz CT molecular complexity index is 523. The maximum Gasteiger partial charge on any atom is 0.144 e. The van der Waals surface area contributed by atoms with E-state index in [9.17, 15) is 0 Å². The molecule has 74 valence electrons. The molecule has 0 bridgehead atoms. The Morgan fingerprint density at radius 3 is 3.00 bits per heavy atom. The highest BCUT2D eigenvalue weighted by molar-refractivity contribution is 5.67. The van der Waals surface area contributed by atoms with Crippen molar-refractivity contribution < 1.29 is 0 Å². The molecule has 1 aliphatic rings. The van der Waals surface area contributed by atoms with E-state index in [-0.39, 0.29) is 0 Å². The average Bonchev–Trinajstić information content (AvgIpc) is 2.71. The largest absolute Gasteiger partial charge is 0.304 e. The van der Waals surface area contributed by atoms with Crippen LogP contribution in [0.3, 0.4) is 0 Å². The molecule has 0 saturated heterocycles. The van der Waals surface area contributed by atoms with Crippen molar-refractivity contribution in [1.82, 2.24) is 9.55 Å². The molecule has 0 N–H and O–H groups in total. The van der Waals surface area contributed by atoms with Gasteiger partial charge in [0.25, 0.3) is 0 Å². The minimum absolute atomic E-state index is 1.00. The fourth-order valence-electron chi connectivity index (χ4n) is 2.11. The van der Waals surface area contributed by atoms with Gasteiger partial charge >= 0.3 is 0 Å². The summed E-state index contributed by atoms with van der Waals surface area (Å²) in [6.45, 7) is 4.09. The van der Waals surface area contributed by atoms with Gasteiger partial charge in [-0.25, -0.2) is 4.98 Å². The van der Waals surface area contributed by atoms with Crippen molar-refractivity contribution >= 4 is 5.70 Å². The molecule has 15 heavy (non-hydrogen) atoms. The molecule has 2 aromatic rings. The molecule has 2 heteroatoms. The number of hydrogen-bond donors (Lipinski definition) is 0. The first-order valence-electron chi connectivity index (χ1n) is 5.16. The van der Waals surface area contributed by atoms with Crippen LogP contribution in [0.1, 0.15) is 12.0 Å². The molecule has 0 fully saturated rings. The normalized spacial score (nSPS) is 14.3. The Labute approximate surface area is 88.9 Å². The van der Waals surface area contributed by atoms with E-state index in [2.05, 4.69) is 40.4 Å². The lowest BCUT2D eigenvalue weighted by molar-refractivity contribution is 0.966. The van der Waals surface area contributed by atoms with Gasteiger partial charge in [-0.2, -0.15) is 0 Å². The summed E-state index contributed by atoms with van der Waals surface area (Å²) in [6.07, 6.45) is 5.88. The SMILES string of the molecule is C=C1CCc2ccccc2-c2nccn21. The third-order valence-electron chi connectivity index (χ3n) is 2.92. The summed E-state index contributed by atoms with van der Waals surface area (Å²) in [5, 5.41) is 0. The molecule has 1 aliphatic heterocycles. The Morgan fingerprint density at radius 1 is 1.20 bits per heavy atom. The Morgan fingerprint density at radius 2 is 2.07 bits per heavy atom. The molecule has 0 atom stereocenters. The molecule has 0 spiro atoms. The van der Waals surface area contributed by atoms with Gasteiger partial charge in [0.15, 0.2) is 0 Å². The average molecular weight is 196 g/mol. The zero-order valence-corrected chi connectivity index (χ0v) is 8.48. The van der Waals surface area contributed by atoms with E-state index in [0.29, 0.717) is 0 Å². The predicted octanol–water partition coefficient (Wildman–Crippen LogP) is 2.97. The van der Waals surface area contributed by atoms with E-state index in [4.69, 9.17) is 0 Å². The van der Waals surface area contributed by atoms with E-state index < -0.39 is 0 Å². The summed E-state index contributed by atoms with van der Waals surface area (Å²) in [7, 11) is 0. The van der Waals surface area contributed by atoms with Crippen LogP contribution in [-0.2, 0) is 6.42 Å². The minimum Gasteiger partial charge on any atom is -0.304 e. The van der Waals surface area contributed by atoms with Crippen LogP contribution in [-0.4, -0.2) is 9.55 Å². The molecular formula is C13H12N2. The van der Waals surface area contributed by atoms with Gasteiger partial charge in [0.2, 0.25) is 0 Å². The van der Waals surface area contributed by atoms with Crippen molar-refractivity contribution in [2.75, 3.05) is 0 Å². The van der Waals surface area contributed by atoms with Crippen molar-refractivity contribution in [3.63, 3.8) is 0 Å². The topological polar surface area (TPSA) is 17.8 Å². The molecule has 0 amide bonds. The van der Waals surface area contributed by atoms with Crippen molar-refractivity contribution in [3.05, 3.63) is 48.8 Å². The number of imidazole rings is 1. The summed E-state index contributed by atoms with van der Waals surface area (Å²) < 4.78 is 2.09. The Balaban J connectivity index is 2.31. The number of benzene rings is 1. The summed E-state index contributed by atoms with van der Waals surface area (Å²) in [5.74, 6) is 1.02. The van der Waals surface area contributed by atoms with E-state index >= 15 is 0 Å². The number of allylic oxidation sites excluding steroid dienone is 1. The van der Waals surface area contributed by atoms with Crippen LogP contribution in [0.15, 0.2) is 43.2 Å². The van der Waals surface area contributed by atoms with Crippen molar-refractivity contribution in [1.29, 1.82) is 0 Å². The zero-order chi connectivity index (χ0) is 10.3.